The van der Waals surface area contributed by atoms with E-state index in [4.69, 9.17) is 9.84 Å². The third-order valence-electron chi connectivity index (χ3n) is 5.16. The van der Waals surface area contributed by atoms with Gasteiger partial charge in [0.25, 0.3) is 0 Å². The molecular weight excluding hydrogens is 330 g/mol. The number of carbonyl (C=O) groups excluding carboxylic acids is 1. The van der Waals surface area contributed by atoms with Gasteiger partial charge in [-0.2, -0.15) is 0 Å². The number of amides is 1. The van der Waals surface area contributed by atoms with Gasteiger partial charge in [-0.3, -0.25) is 9.59 Å². The Morgan fingerprint density at radius 3 is 2.35 bits per heavy atom. The van der Waals surface area contributed by atoms with Gasteiger partial charge in [-0.25, -0.2) is 0 Å². The van der Waals surface area contributed by atoms with Crippen molar-refractivity contribution >= 4 is 11.9 Å². The van der Waals surface area contributed by atoms with Crippen molar-refractivity contribution in [1.82, 2.24) is 4.90 Å². The highest BCUT2D eigenvalue weighted by Crippen LogP contribution is 2.41. The number of hydrogen-bond acceptors (Lipinski definition) is 3. The number of nitrogens with zero attached hydrogens (tertiary/aromatic N) is 1. The highest BCUT2D eigenvalue weighted by atomic mass is 16.5. The zero-order chi connectivity index (χ0) is 18.8. The first-order valence-corrected chi connectivity index (χ1v) is 8.67. The molecule has 1 aliphatic rings. The lowest BCUT2D eigenvalue weighted by Gasteiger charge is -2.26. The summed E-state index contributed by atoms with van der Waals surface area (Å²) in [6.45, 7) is 1.95. The first kappa shape index (κ1) is 18.0. The van der Waals surface area contributed by atoms with Gasteiger partial charge in [-0.05, 0) is 30.5 Å². The lowest BCUT2D eigenvalue weighted by molar-refractivity contribution is -0.142. The minimum Gasteiger partial charge on any atom is -0.496 e. The van der Waals surface area contributed by atoms with E-state index in [0.29, 0.717) is 6.42 Å². The van der Waals surface area contributed by atoms with Crippen LogP contribution in [0.25, 0.3) is 11.1 Å². The summed E-state index contributed by atoms with van der Waals surface area (Å²) >= 11 is 0. The van der Waals surface area contributed by atoms with E-state index >= 15 is 0 Å². The van der Waals surface area contributed by atoms with Crippen molar-refractivity contribution in [1.29, 1.82) is 0 Å². The maximum Gasteiger partial charge on any atom is 0.307 e. The van der Waals surface area contributed by atoms with Crippen LogP contribution in [0, 0.1) is 11.8 Å². The standard InChI is InChI=1S/C21H23NO4/c1-13(22(2)20(23)17-12-18(17)21(24)25)14-8-10-15(11-9-14)16-6-4-5-7-19(16)26-3/h4-11,13,17-18H,12H2,1-3H3,(H,24,25). The van der Waals surface area contributed by atoms with Crippen molar-refractivity contribution in [3.8, 4) is 16.9 Å². The van der Waals surface area contributed by atoms with Gasteiger partial charge in [-0.15, -0.1) is 0 Å². The van der Waals surface area contributed by atoms with Crippen molar-refractivity contribution in [2.24, 2.45) is 11.8 Å². The zero-order valence-electron chi connectivity index (χ0n) is 15.2. The summed E-state index contributed by atoms with van der Waals surface area (Å²) in [4.78, 5) is 25.1. The second-order valence-corrected chi connectivity index (χ2v) is 6.73. The third-order valence-corrected chi connectivity index (χ3v) is 5.16. The molecule has 0 radical (unpaired) electrons. The Kier molecular flexibility index (Phi) is 4.98. The van der Waals surface area contributed by atoms with E-state index in [0.717, 1.165) is 22.4 Å². The largest absolute Gasteiger partial charge is 0.496 e. The molecule has 2 aromatic rings. The summed E-state index contributed by atoms with van der Waals surface area (Å²) in [6, 6.07) is 15.7. The Labute approximate surface area is 153 Å². The first-order chi connectivity index (χ1) is 12.4. The molecule has 1 N–H and O–H groups in total. The Bertz CT molecular complexity index is 815. The summed E-state index contributed by atoms with van der Waals surface area (Å²) in [5.74, 6) is -1.07. The molecule has 1 saturated carbocycles. The molecule has 1 aliphatic carbocycles. The molecule has 26 heavy (non-hydrogen) atoms. The van der Waals surface area contributed by atoms with E-state index in [-0.39, 0.29) is 17.9 Å². The average molecular weight is 353 g/mol. The first-order valence-electron chi connectivity index (χ1n) is 8.67. The van der Waals surface area contributed by atoms with Crippen LogP contribution < -0.4 is 4.74 Å². The molecule has 1 amide bonds. The molecule has 0 aliphatic heterocycles. The van der Waals surface area contributed by atoms with E-state index in [1.807, 2.05) is 55.5 Å². The van der Waals surface area contributed by atoms with Crippen LogP contribution in [-0.4, -0.2) is 36.0 Å². The van der Waals surface area contributed by atoms with Crippen molar-refractivity contribution in [2.75, 3.05) is 14.2 Å². The summed E-state index contributed by atoms with van der Waals surface area (Å²) in [5.41, 5.74) is 3.06. The van der Waals surface area contributed by atoms with Gasteiger partial charge in [0.1, 0.15) is 5.75 Å². The number of rotatable bonds is 6. The summed E-state index contributed by atoms with van der Waals surface area (Å²) in [6.07, 6.45) is 0.442. The van der Waals surface area contributed by atoms with Crippen LogP contribution in [-0.2, 0) is 9.59 Å². The van der Waals surface area contributed by atoms with E-state index in [9.17, 15) is 9.59 Å². The van der Waals surface area contributed by atoms with Gasteiger partial charge < -0.3 is 14.7 Å². The quantitative estimate of drug-likeness (QED) is 0.862. The number of carboxylic acids is 1. The number of hydrogen-bond donors (Lipinski definition) is 1. The van der Waals surface area contributed by atoms with Crippen LogP contribution in [0.3, 0.4) is 0 Å². The highest BCUT2D eigenvalue weighted by Gasteiger charge is 2.49. The summed E-state index contributed by atoms with van der Waals surface area (Å²) < 4.78 is 5.41. The van der Waals surface area contributed by atoms with Crippen LogP contribution in [0.5, 0.6) is 5.75 Å². The predicted molar refractivity (Wildman–Crippen MR) is 98.8 cm³/mol. The summed E-state index contributed by atoms with van der Waals surface area (Å²) in [5, 5.41) is 9.01. The number of methoxy groups -OCH3 is 1. The SMILES string of the molecule is COc1ccccc1-c1ccc(C(C)N(C)C(=O)C2CC2C(=O)O)cc1. The van der Waals surface area contributed by atoms with Gasteiger partial charge >= 0.3 is 5.97 Å². The Morgan fingerprint density at radius 1 is 1.12 bits per heavy atom. The summed E-state index contributed by atoms with van der Waals surface area (Å²) in [7, 11) is 3.39. The molecule has 1 fully saturated rings. The van der Waals surface area contributed by atoms with Gasteiger partial charge in [-0.1, -0.05) is 42.5 Å². The molecule has 5 heteroatoms. The minimum absolute atomic E-state index is 0.0984. The van der Waals surface area contributed by atoms with Crippen LogP contribution >= 0.6 is 0 Å². The fraction of sp³-hybridized carbons (Fsp3) is 0.333. The molecule has 0 heterocycles. The highest BCUT2D eigenvalue weighted by molar-refractivity contribution is 5.89. The molecule has 3 unspecified atom stereocenters. The second-order valence-electron chi connectivity index (χ2n) is 6.73. The molecule has 0 bridgehead atoms. The molecule has 136 valence electrons. The molecule has 0 spiro atoms. The predicted octanol–water partition coefficient (Wildman–Crippen LogP) is 3.60. The van der Waals surface area contributed by atoms with E-state index in [2.05, 4.69) is 0 Å². The van der Waals surface area contributed by atoms with Gasteiger partial charge in [0, 0.05) is 12.6 Å². The third kappa shape index (κ3) is 3.43. The molecule has 2 aromatic carbocycles. The molecule has 0 saturated heterocycles. The molecule has 3 atom stereocenters. The van der Waals surface area contributed by atoms with Crippen LogP contribution in [0.2, 0.25) is 0 Å². The lowest BCUT2D eigenvalue weighted by Crippen LogP contribution is -2.31. The number of ether oxygens (including phenoxy) is 1. The molecule has 5 nitrogen and oxygen atoms in total. The van der Waals surface area contributed by atoms with Crippen molar-refractivity contribution in [3.05, 3.63) is 54.1 Å². The Morgan fingerprint density at radius 2 is 1.77 bits per heavy atom. The molecule has 0 aromatic heterocycles. The number of para-hydroxylation sites is 1. The Balaban J connectivity index is 1.74. The van der Waals surface area contributed by atoms with Crippen LogP contribution in [0.4, 0.5) is 0 Å². The number of carbonyl (C=O) groups is 2. The van der Waals surface area contributed by atoms with Crippen molar-refractivity contribution < 1.29 is 19.4 Å². The molecular formula is C21H23NO4. The monoisotopic (exact) mass is 353 g/mol. The number of benzene rings is 2. The number of carboxylic acid groups (broad SMARTS) is 1. The zero-order valence-corrected chi connectivity index (χ0v) is 15.2. The maximum atomic E-state index is 12.5. The topological polar surface area (TPSA) is 66.8 Å². The smallest absolute Gasteiger partial charge is 0.307 e. The number of aliphatic carboxylic acids is 1. The normalized spacial score (nSPS) is 19.5. The van der Waals surface area contributed by atoms with Crippen LogP contribution in [0.15, 0.2) is 48.5 Å². The maximum absolute atomic E-state index is 12.5. The fourth-order valence-corrected chi connectivity index (χ4v) is 3.24. The van der Waals surface area contributed by atoms with E-state index < -0.39 is 11.9 Å². The van der Waals surface area contributed by atoms with Gasteiger partial charge in [0.05, 0.1) is 25.0 Å². The Hall–Kier alpha value is -2.82. The lowest BCUT2D eigenvalue weighted by atomic mass is 10.00. The molecule has 3 rings (SSSR count). The van der Waals surface area contributed by atoms with E-state index in [1.54, 1.807) is 19.1 Å². The van der Waals surface area contributed by atoms with Crippen molar-refractivity contribution in [3.63, 3.8) is 0 Å². The average Bonchev–Trinajstić information content (AvgIpc) is 3.47. The second kappa shape index (κ2) is 7.20. The minimum atomic E-state index is -0.884. The van der Waals surface area contributed by atoms with Crippen LogP contribution in [0.1, 0.15) is 24.9 Å². The fourth-order valence-electron chi connectivity index (χ4n) is 3.24. The van der Waals surface area contributed by atoms with Crippen molar-refractivity contribution in [2.45, 2.75) is 19.4 Å². The van der Waals surface area contributed by atoms with E-state index in [1.165, 1.54) is 0 Å². The van der Waals surface area contributed by atoms with Gasteiger partial charge in [0.2, 0.25) is 5.91 Å². The van der Waals surface area contributed by atoms with Gasteiger partial charge in [0.15, 0.2) is 0 Å².